The molecule has 0 radical (unpaired) electrons. The second-order valence-corrected chi connectivity index (χ2v) is 9.08. The minimum absolute atomic E-state index is 0.0821. The van der Waals surface area contributed by atoms with Gasteiger partial charge >= 0.3 is 0 Å². The van der Waals surface area contributed by atoms with Gasteiger partial charge < -0.3 is 8.23 Å². The van der Waals surface area contributed by atoms with Gasteiger partial charge in [-0.1, -0.05) is 13.1 Å². The van der Waals surface area contributed by atoms with Gasteiger partial charge in [0.15, 0.2) is 18.6 Å². The summed E-state index contributed by atoms with van der Waals surface area (Å²) in [5, 5.41) is 0. The van der Waals surface area contributed by atoms with Gasteiger partial charge in [-0.15, -0.1) is 0 Å². The van der Waals surface area contributed by atoms with E-state index in [9.17, 15) is 0 Å². The Morgan fingerprint density at radius 3 is 1.50 bits per heavy atom. The Labute approximate surface area is 59.9 Å². The van der Waals surface area contributed by atoms with Crippen LogP contribution in [0.3, 0.4) is 0 Å². The second-order valence-electron chi connectivity index (χ2n) is 1.39. The first kappa shape index (κ1) is 8.79. The molecule has 0 aliphatic heterocycles. The highest BCUT2D eigenvalue weighted by Gasteiger charge is 1.85. The first-order valence-corrected chi connectivity index (χ1v) is 12.2. The van der Waals surface area contributed by atoms with Gasteiger partial charge in [0.2, 0.25) is 0 Å². The second kappa shape index (κ2) is 7.79. The number of rotatable bonds is 5. The van der Waals surface area contributed by atoms with E-state index in [1.165, 1.54) is 0 Å². The molecule has 0 heterocycles. The van der Waals surface area contributed by atoms with Crippen molar-refractivity contribution in [3.05, 3.63) is 0 Å². The van der Waals surface area contributed by atoms with Crippen LogP contribution >= 0.6 is 0 Å². The molecule has 0 aromatic rings. The lowest BCUT2D eigenvalue weighted by Crippen LogP contribution is -2.14. The summed E-state index contributed by atoms with van der Waals surface area (Å²) in [6, 6.07) is 0. The van der Waals surface area contributed by atoms with E-state index in [4.69, 9.17) is 8.23 Å². The van der Waals surface area contributed by atoms with Crippen LogP contribution in [0, 0.1) is 0 Å². The maximum absolute atomic E-state index is 5.37. The molecule has 0 saturated carbocycles. The molecular weight excluding hydrogens is 168 g/mol. The minimum Gasteiger partial charge on any atom is -0.466 e. The molecule has 0 N–H and O–H groups in total. The Balaban J connectivity index is 2.53. The maximum atomic E-state index is 5.37. The zero-order valence-corrected chi connectivity index (χ0v) is 11.3. The fourth-order valence-corrected chi connectivity index (χ4v) is 11.0. The SMILES string of the molecule is C[SiH2]O[SiH2][SiH2]O[SiH2]C. The van der Waals surface area contributed by atoms with E-state index < -0.39 is 0 Å². The van der Waals surface area contributed by atoms with Gasteiger partial charge in [0.05, 0.1) is 0 Å². The van der Waals surface area contributed by atoms with Crippen LogP contribution < -0.4 is 0 Å². The van der Waals surface area contributed by atoms with Crippen molar-refractivity contribution in [2.75, 3.05) is 0 Å². The van der Waals surface area contributed by atoms with Crippen LogP contribution in [0.4, 0.5) is 0 Å². The standard InChI is InChI=1S/C2H14O2Si4/c1-5-3-7-8-4-6-2/h5-8H2,1-2H3. The smallest absolute Gasteiger partial charge is 0.157 e. The number of hydrogen-bond donors (Lipinski definition) is 0. The Hall–Kier alpha value is 0.788. The van der Waals surface area contributed by atoms with E-state index in [0.29, 0.717) is 0 Å². The van der Waals surface area contributed by atoms with E-state index in [0.717, 1.165) is 0 Å². The fourth-order valence-electron chi connectivity index (χ4n) is 0.407. The molecule has 0 spiro atoms. The molecule has 0 amide bonds. The van der Waals surface area contributed by atoms with E-state index in [1.807, 2.05) is 0 Å². The third-order valence-electron chi connectivity index (χ3n) is 0.780. The van der Waals surface area contributed by atoms with Gasteiger partial charge in [-0.05, 0) is 0 Å². The molecule has 8 heavy (non-hydrogen) atoms. The van der Waals surface area contributed by atoms with E-state index >= 15 is 0 Å². The summed E-state index contributed by atoms with van der Waals surface area (Å²) in [7, 11) is -0.337. The maximum Gasteiger partial charge on any atom is 0.157 e. The quantitative estimate of drug-likeness (QED) is 0.342. The van der Waals surface area contributed by atoms with Crippen molar-refractivity contribution in [1.82, 2.24) is 0 Å². The molecule has 0 aliphatic carbocycles. The van der Waals surface area contributed by atoms with Crippen LogP contribution in [0.15, 0.2) is 0 Å². The summed E-state index contributed by atoms with van der Waals surface area (Å²) in [4.78, 5) is 0. The first-order chi connectivity index (χ1) is 3.91. The summed E-state index contributed by atoms with van der Waals surface area (Å²) in [5.74, 6) is 0. The van der Waals surface area contributed by atoms with Crippen LogP contribution in [0.2, 0.25) is 13.1 Å². The summed E-state index contributed by atoms with van der Waals surface area (Å²) >= 11 is 0. The molecule has 0 unspecified atom stereocenters. The Morgan fingerprint density at radius 2 is 1.25 bits per heavy atom. The Morgan fingerprint density at radius 1 is 0.875 bits per heavy atom. The predicted octanol–water partition coefficient (Wildman–Crippen LogP) is -2.63. The molecule has 6 heteroatoms. The van der Waals surface area contributed by atoms with E-state index in [-0.39, 0.29) is 38.1 Å². The van der Waals surface area contributed by atoms with Gasteiger partial charge in [-0.2, -0.15) is 0 Å². The molecule has 0 saturated heterocycles. The average molecular weight is 182 g/mol. The molecule has 0 atom stereocenters. The Bertz CT molecular complexity index is 37.0. The van der Waals surface area contributed by atoms with Gasteiger partial charge in [-0.25, -0.2) is 0 Å². The van der Waals surface area contributed by atoms with E-state index in [1.54, 1.807) is 0 Å². The zero-order valence-electron chi connectivity index (χ0n) is 5.64. The normalized spacial score (nSPS) is 15.8. The lowest BCUT2D eigenvalue weighted by atomic mass is 11.9. The molecule has 0 aromatic heterocycles. The Kier molecular flexibility index (Phi) is 8.55. The van der Waals surface area contributed by atoms with Crippen LogP contribution in [0.5, 0.6) is 0 Å². The number of hydrogen-bond acceptors (Lipinski definition) is 2. The third kappa shape index (κ3) is 6.79. The van der Waals surface area contributed by atoms with Gasteiger partial charge in [0.1, 0.15) is 19.5 Å². The topological polar surface area (TPSA) is 18.5 Å². The summed E-state index contributed by atoms with van der Waals surface area (Å²) < 4.78 is 10.7. The molecule has 0 aliphatic rings. The molecule has 0 rings (SSSR count). The highest BCUT2D eigenvalue weighted by atomic mass is 29.2. The molecule has 50 valence electrons. The van der Waals surface area contributed by atoms with Crippen LogP contribution in [-0.4, -0.2) is 38.1 Å². The third-order valence-corrected chi connectivity index (χ3v) is 12.2. The first-order valence-electron chi connectivity index (χ1n) is 3.07. The van der Waals surface area contributed by atoms with Gasteiger partial charge in [0.25, 0.3) is 0 Å². The van der Waals surface area contributed by atoms with Crippen molar-refractivity contribution in [2.45, 2.75) is 13.1 Å². The summed E-state index contributed by atoms with van der Waals surface area (Å²) in [6.45, 7) is 4.37. The molecule has 2 nitrogen and oxygen atoms in total. The lowest BCUT2D eigenvalue weighted by molar-refractivity contribution is 0.627. The highest BCUT2D eigenvalue weighted by molar-refractivity contribution is 6.96. The molecule has 0 aromatic carbocycles. The largest absolute Gasteiger partial charge is 0.466 e. The fraction of sp³-hybridized carbons (Fsp3) is 1.00. The monoisotopic (exact) mass is 182 g/mol. The molecule has 0 bridgehead atoms. The van der Waals surface area contributed by atoms with E-state index in [2.05, 4.69) is 13.1 Å². The van der Waals surface area contributed by atoms with Crippen molar-refractivity contribution < 1.29 is 8.23 Å². The average Bonchev–Trinajstić information content (AvgIpc) is 1.81. The van der Waals surface area contributed by atoms with Crippen LogP contribution in [0.25, 0.3) is 0 Å². The van der Waals surface area contributed by atoms with Crippen molar-refractivity contribution in [1.29, 1.82) is 0 Å². The van der Waals surface area contributed by atoms with Gasteiger partial charge in [0, 0.05) is 0 Å². The zero-order chi connectivity index (χ0) is 6.24. The molecule has 0 fully saturated rings. The highest BCUT2D eigenvalue weighted by Crippen LogP contribution is 1.66. The summed E-state index contributed by atoms with van der Waals surface area (Å²) in [6.07, 6.45) is 0. The van der Waals surface area contributed by atoms with Crippen LogP contribution in [-0.2, 0) is 8.23 Å². The van der Waals surface area contributed by atoms with Crippen molar-refractivity contribution >= 4 is 38.1 Å². The van der Waals surface area contributed by atoms with Crippen molar-refractivity contribution in [3.63, 3.8) is 0 Å². The van der Waals surface area contributed by atoms with Gasteiger partial charge in [-0.3, -0.25) is 0 Å². The minimum atomic E-state index is -0.0866. The predicted molar refractivity (Wildman–Crippen MR) is 48.1 cm³/mol. The van der Waals surface area contributed by atoms with Crippen LogP contribution in [0.1, 0.15) is 0 Å². The summed E-state index contributed by atoms with van der Waals surface area (Å²) in [5.41, 5.74) is 0. The molecular formula is C2H14O2Si4. The van der Waals surface area contributed by atoms with Crippen molar-refractivity contribution in [2.24, 2.45) is 0 Å². The lowest BCUT2D eigenvalue weighted by Gasteiger charge is -1.97. The van der Waals surface area contributed by atoms with Crippen molar-refractivity contribution in [3.8, 4) is 0 Å².